The van der Waals surface area contributed by atoms with Crippen molar-refractivity contribution in [3.05, 3.63) is 42.2 Å². The van der Waals surface area contributed by atoms with Crippen LogP contribution in [-0.2, 0) is 4.79 Å². The molecule has 0 bridgehead atoms. The maximum absolute atomic E-state index is 12.6. The lowest BCUT2D eigenvalue weighted by Crippen LogP contribution is -2.50. The van der Waals surface area contributed by atoms with E-state index in [0.29, 0.717) is 38.0 Å². The Morgan fingerprint density at radius 3 is 2.63 bits per heavy atom. The average Bonchev–Trinajstić information content (AvgIpc) is 3.46. The topological polar surface area (TPSA) is 78.1 Å². The molecule has 1 atom stereocenters. The SMILES string of the molecule is N#CC(c1ccccc1)N1CCN(C(=O)CSc2nncn2C2CC2)CC1. The van der Waals surface area contributed by atoms with E-state index in [1.807, 2.05) is 35.2 Å². The number of hydrogen-bond donors (Lipinski definition) is 0. The van der Waals surface area contributed by atoms with Crippen LogP contribution in [0.15, 0.2) is 41.8 Å². The maximum Gasteiger partial charge on any atom is 0.233 e. The van der Waals surface area contributed by atoms with Gasteiger partial charge in [-0.1, -0.05) is 42.1 Å². The summed E-state index contributed by atoms with van der Waals surface area (Å²) in [7, 11) is 0. The molecule has 7 nitrogen and oxygen atoms in total. The molecule has 2 aliphatic rings. The first-order valence-electron chi connectivity index (χ1n) is 9.25. The van der Waals surface area contributed by atoms with Crippen LogP contribution >= 0.6 is 11.8 Å². The Kier molecular flexibility index (Phi) is 5.41. The second kappa shape index (κ2) is 8.11. The summed E-state index contributed by atoms with van der Waals surface area (Å²) in [6.07, 6.45) is 4.10. The fourth-order valence-electron chi connectivity index (χ4n) is 3.39. The Hall–Kier alpha value is -2.37. The summed E-state index contributed by atoms with van der Waals surface area (Å²) < 4.78 is 2.08. The normalized spacial score (nSPS) is 18.9. The first-order chi connectivity index (χ1) is 13.3. The molecule has 1 unspecified atom stereocenters. The molecule has 0 radical (unpaired) electrons. The summed E-state index contributed by atoms with van der Waals surface area (Å²) in [6.45, 7) is 2.73. The molecule has 1 aromatic carbocycles. The quantitative estimate of drug-likeness (QED) is 0.712. The molecule has 4 rings (SSSR count). The monoisotopic (exact) mass is 382 g/mol. The highest BCUT2D eigenvalue weighted by atomic mass is 32.2. The van der Waals surface area contributed by atoms with Gasteiger partial charge >= 0.3 is 0 Å². The van der Waals surface area contributed by atoms with Gasteiger partial charge < -0.3 is 9.47 Å². The van der Waals surface area contributed by atoms with Crippen molar-refractivity contribution >= 4 is 17.7 Å². The van der Waals surface area contributed by atoms with Gasteiger partial charge in [0.15, 0.2) is 5.16 Å². The molecule has 2 aromatic rings. The summed E-state index contributed by atoms with van der Waals surface area (Å²) in [4.78, 5) is 16.6. The van der Waals surface area contributed by atoms with Crippen molar-refractivity contribution in [3.63, 3.8) is 0 Å². The van der Waals surface area contributed by atoms with Crippen LogP contribution in [0.25, 0.3) is 0 Å². The van der Waals surface area contributed by atoms with Crippen LogP contribution in [0.2, 0.25) is 0 Å². The molecule has 0 spiro atoms. The summed E-state index contributed by atoms with van der Waals surface area (Å²) in [5, 5.41) is 18.5. The Morgan fingerprint density at radius 1 is 1.22 bits per heavy atom. The molecule has 27 heavy (non-hydrogen) atoms. The highest BCUT2D eigenvalue weighted by Crippen LogP contribution is 2.37. The third-order valence-electron chi connectivity index (χ3n) is 5.07. The van der Waals surface area contributed by atoms with Crippen molar-refractivity contribution in [1.82, 2.24) is 24.6 Å². The number of nitrogens with zero attached hydrogens (tertiary/aromatic N) is 6. The van der Waals surface area contributed by atoms with Gasteiger partial charge in [-0.2, -0.15) is 5.26 Å². The second-order valence-corrected chi connectivity index (χ2v) is 7.84. The fraction of sp³-hybridized carbons (Fsp3) is 0.474. The van der Waals surface area contributed by atoms with Gasteiger partial charge in [-0.25, -0.2) is 0 Å². The first-order valence-corrected chi connectivity index (χ1v) is 10.2. The van der Waals surface area contributed by atoms with Gasteiger partial charge in [-0.15, -0.1) is 10.2 Å². The predicted octanol–water partition coefficient (Wildman–Crippen LogP) is 2.11. The molecule has 8 heteroatoms. The minimum Gasteiger partial charge on any atom is -0.339 e. The summed E-state index contributed by atoms with van der Waals surface area (Å²) in [5.41, 5.74) is 1.01. The van der Waals surface area contributed by atoms with Gasteiger partial charge in [0, 0.05) is 32.2 Å². The molecule has 1 aliphatic heterocycles. The van der Waals surface area contributed by atoms with E-state index in [2.05, 4.69) is 25.7 Å². The van der Waals surface area contributed by atoms with Gasteiger partial charge in [0.1, 0.15) is 12.4 Å². The van der Waals surface area contributed by atoms with Crippen LogP contribution in [0.3, 0.4) is 0 Å². The number of amides is 1. The van der Waals surface area contributed by atoms with Crippen molar-refractivity contribution < 1.29 is 4.79 Å². The lowest BCUT2D eigenvalue weighted by atomic mass is 10.1. The van der Waals surface area contributed by atoms with Crippen LogP contribution in [0.1, 0.15) is 30.5 Å². The van der Waals surface area contributed by atoms with E-state index < -0.39 is 0 Å². The highest BCUT2D eigenvalue weighted by Gasteiger charge is 2.29. The van der Waals surface area contributed by atoms with E-state index in [0.717, 1.165) is 10.7 Å². The molecule has 1 saturated carbocycles. The molecule has 2 fully saturated rings. The lowest BCUT2D eigenvalue weighted by molar-refractivity contribution is -0.130. The van der Waals surface area contributed by atoms with Gasteiger partial charge in [-0.3, -0.25) is 9.69 Å². The predicted molar refractivity (Wildman–Crippen MR) is 102 cm³/mol. The largest absolute Gasteiger partial charge is 0.339 e. The van der Waals surface area contributed by atoms with Crippen molar-refractivity contribution in [1.29, 1.82) is 5.26 Å². The van der Waals surface area contributed by atoms with Crippen LogP contribution in [0, 0.1) is 11.3 Å². The standard InChI is InChI=1S/C19H22N6OS/c20-12-17(15-4-2-1-3-5-15)23-8-10-24(11-9-23)18(26)13-27-19-22-21-14-25(19)16-6-7-16/h1-5,14,16-17H,6-11,13H2. The molecular weight excluding hydrogens is 360 g/mol. The summed E-state index contributed by atoms with van der Waals surface area (Å²) >= 11 is 1.46. The van der Waals surface area contributed by atoms with Gasteiger partial charge in [0.05, 0.1) is 11.8 Å². The third kappa shape index (κ3) is 4.15. The van der Waals surface area contributed by atoms with Crippen molar-refractivity contribution in [3.8, 4) is 6.07 Å². The molecule has 1 aliphatic carbocycles. The number of thioether (sulfide) groups is 1. The van der Waals surface area contributed by atoms with Crippen LogP contribution in [0.5, 0.6) is 0 Å². The van der Waals surface area contributed by atoms with Crippen molar-refractivity contribution in [2.75, 3.05) is 31.9 Å². The fourth-order valence-corrected chi connectivity index (χ4v) is 4.27. The van der Waals surface area contributed by atoms with E-state index >= 15 is 0 Å². The zero-order chi connectivity index (χ0) is 18.6. The Balaban J connectivity index is 1.29. The minimum atomic E-state index is -0.255. The van der Waals surface area contributed by atoms with Crippen LogP contribution in [-0.4, -0.2) is 62.4 Å². The Morgan fingerprint density at radius 2 is 1.96 bits per heavy atom. The number of nitriles is 1. The molecule has 1 amide bonds. The van der Waals surface area contributed by atoms with E-state index in [-0.39, 0.29) is 11.9 Å². The highest BCUT2D eigenvalue weighted by molar-refractivity contribution is 7.99. The number of benzene rings is 1. The van der Waals surface area contributed by atoms with E-state index in [9.17, 15) is 10.1 Å². The smallest absolute Gasteiger partial charge is 0.233 e. The Bertz CT molecular complexity index is 820. The number of carbonyl (C=O) groups excluding carboxylic acids is 1. The number of aromatic nitrogens is 3. The van der Waals surface area contributed by atoms with Gasteiger partial charge in [0.25, 0.3) is 0 Å². The van der Waals surface area contributed by atoms with Crippen molar-refractivity contribution in [2.45, 2.75) is 30.1 Å². The average molecular weight is 382 g/mol. The molecule has 1 aromatic heterocycles. The molecule has 2 heterocycles. The van der Waals surface area contributed by atoms with E-state index in [1.165, 1.54) is 24.6 Å². The van der Waals surface area contributed by atoms with Crippen LogP contribution in [0.4, 0.5) is 0 Å². The zero-order valence-corrected chi connectivity index (χ0v) is 15.9. The van der Waals surface area contributed by atoms with Crippen LogP contribution < -0.4 is 0 Å². The molecule has 1 saturated heterocycles. The third-order valence-corrected chi connectivity index (χ3v) is 6.02. The number of rotatable bonds is 6. The van der Waals surface area contributed by atoms with Gasteiger partial charge in [-0.05, 0) is 18.4 Å². The molecule has 0 N–H and O–H groups in total. The molecule has 140 valence electrons. The summed E-state index contributed by atoms with van der Waals surface area (Å²) in [6, 6.07) is 12.5. The van der Waals surface area contributed by atoms with Gasteiger partial charge in [0.2, 0.25) is 5.91 Å². The zero-order valence-electron chi connectivity index (χ0n) is 15.1. The first kappa shape index (κ1) is 18.0. The Labute approximate surface area is 163 Å². The number of hydrogen-bond acceptors (Lipinski definition) is 6. The number of carbonyl (C=O) groups is 1. The van der Waals surface area contributed by atoms with Crippen molar-refractivity contribution in [2.24, 2.45) is 0 Å². The van der Waals surface area contributed by atoms with E-state index in [4.69, 9.17) is 0 Å². The second-order valence-electron chi connectivity index (χ2n) is 6.90. The lowest BCUT2D eigenvalue weighted by Gasteiger charge is -2.37. The molecular formula is C19H22N6OS. The minimum absolute atomic E-state index is 0.123. The number of piperazine rings is 1. The maximum atomic E-state index is 12.6. The van der Waals surface area contributed by atoms with E-state index in [1.54, 1.807) is 6.33 Å². The summed E-state index contributed by atoms with van der Waals surface area (Å²) in [5.74, 6) is 0.504.